The van der Waals surface area contributed by atoms with Crippen LogP contribution in [0.1, 0.15) is 58.8 Å². The SMILES string of the molecule is CCCCCCCCC(C)(C(=O)[O-])C(=O)N(CCO)CCO.[K+]. The summed E-state index contributed by atoms with van der Waals surface area (Å²) in [6.45, 7) is 2.98. The Hall–Kier alpha value is 0.496. The van der Waals surface area contributed by atoms with Crippen molar-refractivity contribution in [1.82, 2.24) is 4.90 Å². The Morgan fingerprint density at radius 3 is 1.91 bits per heavy atom. The van der Waals surface area contributed by atoms with Gasteiger partial charge in [-0.05, 0) is 13.3 Å². The number of unbranched alkanes of at least 4 members (excludes halogenated alkanes) is 5. The van der Waals surface area contributed by atoms with Crippen LogP contribution in [0.15, 0.2) is 0 Å². The van der Waals surface area contributed by atoms with Crippen molar-refractivity contribution in [2.45, 2.75) is 58.8 Å². The van der Waals surface area contributed by atoms with Crippen LogP contribution in [-0.2, 0) is 9.59 Å². The Balaban J connectivity index is 0. The van der Waals surface area contributed by atoms with Crippen LogP contribution in [0.4, 0.5) is 0 Å². The van der Waals surface area contributed by atoms with Gasteiger partial charge in [-0.25, -0.2) is 0 Å². The molecule has 0 aromatic carbocycles. The minimum atomic E-state index is -1.60. The number of amides is 1. The monoisotopic (exact) mass is 355 g/mol. The van der Waals surface area contributed by atoms with Gasteiger partial charge in [0.15, 0.2) is 0 Å². The zero-order valence-corrected chi connectivity index (χ0v) is 18.0. The predicted octanol–water partition coefficient (Wildman–Crippen LogP) is -2.69. The summed E-state index contributed by atoms with van der Waals surface area (Å²) in [6.07, 6.45) is 6.20. The van der Waals surface area contributed by atoms with Gasteiger partial charge in [0.05, 0.1) is 24.6 Å². The molecule has 6 nitrogen and oxygen atoms in total. The van der Waals surface area contributed by atoms with Crippen LogP contribution < -0.4 is 56.5 Å². The molecule has 0 saturated heterocycles. The van der Waals surface area contributed by atoms with Crippen molar-refractivity contribution in [2.75, 3.05) is 26.3 Å². The van der Waals surface area contributed by atoms with Crippen molar-refractivity contribution in [3.8, 4) is 0 Å². The molecule has 1 unspecified atom stereocenters. The number of hydrogen-bond acceptors (Lipinski definition) is 5. The van der Waals surface area contributed by atoms with Crippen molar-refractivity contribution in [3.05, 3.63) is 0 Å². The van der Waals surface area contributed by atoms with Crippen molar-refractivity contribution < 1.29 is 76.3 Å². The second kappa shape index (κ2) is 14.8. The molecule has 0 aliphatic carbocycles. The third-order valence-electron chi connectivity index (χ3n) is 3.98. The Kier molecular flexibility index (Phi) is 16.6. The Labute approximate surface area is 182 Å². The summed E-state index contributed by atoms with van der Waals surface area (Å²) in [7, 11) is 0. The van der Waals surface area contributed by atoms with E-state index < -0.39 is 17.3 Å². The van der Waals surface area contributed by atoms with E-state index in [0.717, 1.165) is 32.1 Å². The number of nitrogens with zero attached hydrogens (tertiary/aromatic N) is 1. The molecular formula is C16H30KNO5. The van der Waals surface area contributed by atoms with Gasteiger partial charge in [-0.1, -0.05) is 45.4 Å². The van der Waals surface area contributed by atoms with E-state index in [0.29, 0.717) is 6.42 Å². The van der Waals surface area contributed by atoms with Crippen molar-refractivity contribution in [3.63, 3.8) is 0 Å². The van der Waals surface area contributed by atoms with Gasteiger partial charge in [-0.2, -0.15) is 0 Å². The normalized spacial score (nSPS) is 13.0. The summed E-state index contributed by atoms with van der Waals surface area (Å²) >= 11 is 0. The molecule has 0 bridgehead atoms. The molecule has 0 aliphatic rings. The average molecular weight is 356 g/mol. The minimum absolute atomic E-state index is 0. The van der Waals surface area contributed by atoms with Crippen LogP contribution >= 0.6 is 0 Å². The van der Waals surface area contributed by atoms with Gasteiger partial charge in [0.25, 0.3) is 0 Å². The quantitative estimate of drug-likeness (QED) is 0.213. The van der Waals surface area contributed by atoms with Gasteiger partial charge < -0.3 is 25.0 Å². The van der Waals surface area contributed by atoms with Gasteiger partial charge in [-0.15, -0.1) is 0 Å². The molecule has 0 heterocycles. The molecule has 23 heavy (non-hydrogen) atoms. The number of carboxylic acids is 1. The second-order valence-electron chi connectivity index (χ2n) is 5.88. The molecule has 0 aromatic heterocycles. The third kappa shape index (κ3) is 9.53. The molecule has 0 aromatic rings. The zero-order chi connectivity index (χ0) is 17.0. The largest absolute Gasteiger partial charge is 1.00 e. The molecule has 130 valence electrons. The van der Waals surface area contributed by atoms with Crippen LogP contribution in [0, 0.1) is 5.41 Å². The Morgan fingerprint density at radius 2 is 1.48 bits per heavy atom. The van der Waals surface area contributed by atoms with Crippen LogP contribution in [0.2, 0.25) is 0 Å². The summed E-state index contributed by atoms with van der Waals surface area (Å²) in [5.41, 5.74) is -1.60. The molecule has 0 fully saturated rings. The van der Waals surface area contributed by atoms with E-state index in [4.69, 9.17) is 10.2 Å². The minimum Gasteiger partial charge on any atom is -0.549 e. The fourth-order valence-electron chi connectivity index (χ4n) is 2.46. The fraction of sp³-hybridized carbons (Fsp3) is 0.875. The summed E-state index contributed by atoms with van der Waals surface area (Å²) in [5, 5.41) is 29.4. The molecule has 0 radical (unpaired) electrons. The zero-order valence-electron chi connectivity index (χ0n) is 14.8. The maximum atomic E-state index is 12.4. The molecule has 7 heteroatoms. The number of rotatable bonds is 13. The first kappa shape index (κ1) is 25.7. The maximum absolute atomic E-state index is 12.4. The number of carbonyl (C=O) groups excluding carboxylic acids is 2. The molecule has 0 aliphatic heterocycles. The van der Waals surface area contributed by atoms with E-state index in [2.05, 4.69) is 6.92 Å². The summed E-state index contributed by atoms with van der Waals surface area (Å²) in [5.74, 6) is -1.99. The molecule has 1 atom stereocenters. The second-order valence-corrected chi connectivity index (χ2v) is 5.88. The maximum Gasteiger partial charge on any atom is 1.00 e. The van der Waals surface area contributed by atoms with Crippen molar-refractivity contribution in [1.29, 1.82) is 0 Å². The van der Waals surface area contributed by atoms with E-state index in [9.17, 15) is 14.7 Å². The van der Waals surface area contributed by atoms with Gasteiger partial charge in [0.2, 0.25) is 5.91 Å². The first-order valence-electron chi connectivity index (χ1n) is 8.16. The van der Waals surface area contributed by atoms with Gasteiger partial charge in [0, 0.05) is 13.1 Å². The Morgan fingerprint density at radius 1 is 1.00 bits per heavy atom. The molecule has 2 N–H and O–H groups in total. The van der Waals surface area contributed by atoms with Crippen LogP contribution in [0.3, 0.4) is 0 Å². The standard InChI is InChI=1S/C16H31NO5.K/c1-3-4-5-6-7-8-9-16(2,15(21)22)14(20)17(10-12-18)11-13-19;/h18-19H,3-13H2,1-2H3,(H,21,22);/q;+1/p-1. The van der Waals surface area contributed by atoms with Gasteiger partial charge >= 0.3 is 51.4 Å². The third-order valence-corrected chi connectivity index (χ3v) is 3.98. The van der Waals surface area contributed by atoms with E-state index in [1.807, 2.05) is 0 Å². The van der Waals surface area contributed by atoms with E-state index >= 15 is 0 Å². The topological polar surface area (TPSA) is 101 Å². The molecule has 0 spiro atoms. The summed E-state index contributed by atoms with van der Waals surface area (Å²) in [4.78, 5) is 25.1. The molecule has 0 saturated carbocycles. The van der Waals surface area contributed by atoms with Gasteiger partial charge in [0.1, 0.15) is 0 Å². The molecular weight excluding hydrogens is 325 g/mol. The van der Waals surface area contributed by atoms with Crippen LogP contribution in [0.25, 0.3) is 0 Å². The number of aliphatic hydroxyl groups excluding tert-OH is 2. The average Bonchev–Trinajstić information content (AvgIpc) is 2.49. The van der Waals surface area contributed by atoms with E-state index in [1.165, 1.54) is 11.8 Å². The van der Waals surface area contributed by atoms with Crippen molar-refractivity contribution in [2.24, 2.45) is 5.41 Å². The Bertz CT molecular complexity index is 334. The summed E-state index contributed by atoms with van der Waals surface area (Å²) < 4.78 is 0. The molecule has 1 amide bonds. The summed E-state index contributed by atoms with van der Waals surface area (Å²) in [6, 6.07) is 0. The fourth-order valence-corrected chi connectivity index (χ4v) is 2.46. The van der Waals surface area contributed by atoms with Crippen LogP contribution in [-0.4, -0.2) is 53.3 Å². The first-order chi connectivity index (χ1) is 10.4. The van der Waals surface area contributed by atoms with Gasteiger partial charge in [-0.3, -0.25) is 4.79 Å². The molecule has 0 rings (SSSR count). The van der Waals surface area contributed by atoms with Crippen LogP contribution in [0.5, 0.6) is 0 Å². The predicted molar refractivity (Wildman–Crippen MR) is 81.9 cm³/mol. The first-order valence-corrected chi connectivity index (χ1v) is 8.16. The number of carboxylic acid groups (broad SMARTS) is 1. The van der Waals surface area contributed by atoms with E-state index in [1.54, 1.807) is 0 Å². The number of aliphatic carboxylic acids is 1. The number of hydrogen-bond donors (Lipinski definition) is 2. The van der Waals surface area contributed by atoms with Crippen molar-refractivity contribution >= 4 is 11.9 Å². The van der Waals surface area contributed by atoms with E-state index in [-0.39, 0.29) is 84.1 Å². The number of carbonyl (C=O) groups is 2. The number of aliphatic hydroxyl groups is 2. The smallest absolute Gasteiger partial charge is 0.549 e.